The van der Waals surface area contributed by atoms with Gasteiger partial charge in [0.25, 0.3) is 10.0 Å². The van der Waals surface area contributed by atoms with Gasteiger partial charge in [0.2, 0.25) is 9.47 Å². The molecule has 0 aromatic carbocycles. The molecule has 1 aromatic rings. The Morgan fingerprint density at radius 3 is 2.67 bits per heavy atom. The number of nitrogens with zero attached hydrogens (tertiary/aromatic N) is 2. The first kappa shape index (κ1) is 13.6. The maximum atomic E-state index is 11.8. The minimum atomic E-state index is -3.83. The number of nitrogens with one attached hydrogen (secondary N) is 1. The first-order valence-electron chi connectivity index (χ1n) is 5.11. The summed E-state index contributed by atoms with van der Waals surface area (Å²) in [5.41, 5.74) is 5.29. The normalized spacial score (nSPS) is 23.2. The monoisotopic (exact) mass is 312 g/mol. The highest BCUT2D eigenvalue weighted by Gasteiger charge is 2.32. The van der Waals surface area contributed by atoms with E-state index in [-0.39, 0.29) is 21.8 Å². The fraction of sp³-hybridized carbons (Fsp3) is 0.714. The van der Waals surface area contributed by atoms with Gasteiger partial charge in [0.15, 0.2) is 9.84 Å². The number of nitrogens with two attached hydrogens (primary N) is 1. The molecule has 3 N–H and O–H groups in total. The average Bonchev–Trinajstić information content (AvgIpc) is 2.82. The van der Waals surface area contributed by atoms with Gasteiger partial charge in [0.05, 0.1) is 11.0 Å². The third-order valence-electron chi connectivity index (χ3n) is 2.62. The fourth-order valence-electron chi connectivity index (χ4n) is 1.68. The van der Waals surface area contributed by atoms with Gasteiger partial charge in [-0.2, -0.15) is 0 Å². The second-order valence-corrected chi connectivity index (χ2v) is 9.24. The highest BCUT2D eigenvalue weighted by atomic mass is 32.2. The summed E-state index contributed by atoms with van der Waals surface area (Å²) in [4.78, 5) is 0. The van der Waals surface area contributed by atoms with Crippen molar-refractivity contribution < 1.29 is 16.8 Å². The Morgan fingerprint density at radius 1 is 1.44 bits per heavy atom. The number of rotatable bonds is 4. The van der Waals surface area contributed by atoms with E-state index in [9.17, 15) is 16.8 Å². The molecular weight excluding hydrogens is 300 g/mol. The lowest BCUT2D eigenvalue weighted by molar-refractivity contribution is 0.569. The van der Waals surface area contributed by atoms with E-state index in [1.54, 1.807) is 0 Å². The summed E-state index contributed by atoms with van der Waals surface area (Å²) >= 11 is 0.733. The third-order valence-corrected chi connectivity index (χ3v) is 7.44. The van der Waals surface area contributed by atoms with Gasteiger partial charge in [-0.25, -0.2) is 21.6 Å². The zero-order valence-corrected chi connectivity index (χ0v) is 11.7. The summed E-state index contributed by atoms with van der Waals surface area (Å²) in [5.74, 6) is 0.116. The zero-order valence-electron chi connectivity index (χ0n) is 9.24. The van der Waals surface area contributed by atoms with E-state index in [0.717, 1.165) is 11.3 Å². The van der Waals surface area contributed by atoms with E-state index in [0.29, 0.717) is 12.8 Å². The number of sulfonamides is 1. The van der Waals surface area contributed by atoms with E-state index in [1.807, 2.05) is 0 Å². The first-order chi connectivity index (χ1) is 8.31. The Hall–Kier alpha value is -0.780. The van der Waals surface area contributed by atoms with Crippen molar-refractivity contribution in [3.63, 3.8) is 0 Å². The molecule has 102 valence electrons. The van der Waals surface area contributed by atoms with Crippen LogP contribution in [0.3, 0.4) is 0 Å². The molecule has 11 heteroatoms. The van der Waals surface area contributed by atoms with Crippen LogP contribution in [0.15, 0.2) is 4.34 Å². The summed E-state index contributed by atoms with van der Waals surface area (Å²) in [7, 11) is -7.00. The quantitative estimate of drug-likeness (QED) is 0.726. The molecule has 0 spiro atoms. The number of hydrogen-bond donors (Lipinski definition) is 2. The van der Waals surface area contributed by atoms with Crippen LogP contribution in [0, 0.1) is 0 Å². The van der Waals surface area contributed by atoms with Crippen molar-refractivity contribution in [1.29, 1.82) is 0 Å². The van der Waals surface area contributed by atoms with Crippen LogP contribution in [0.4, 0.5) is 5.13 Å². The van der Waals surface area contributed by atoms with Crippen LogP contribution in [0.5, 0.6) is 0 Å². The highest BCUT2D eigenvalue weighted by molar-refractivity contribution is 7.92. The van der Waals surface area contributed by atoms with Gasteiger partial charge in [-0.15, -0.1) is 10.2 Å². The van der Waals surface area contributed by atoms with Gasteiger partial charge < -0.3 is 5.73 Å². The van der Waals surface area contributed by atoms with Crippen molar-refractivity contribution in [1.82, 2.24) is 14.9 Å². The van der Waals surface area contributed by atoms with Crippen molar-refractivity contribution in [3.8, 4) is 0 Å². The number of nitrogen functional groups attached to an aromatic ring is 1. The predicted octanol–water partition coefficient (Wildman–Crippen LogP) is -1.02. The van der Waals surface area contributed by atoms with Crippen LogP contribution in [-0.2, 0) is 19.9 Å². The molecular formula is C7H12N4O4S3. The van der Waals surface area contributed by atoms with Crippen LogP contribution in [0.1, 0.15) is 12.8 Å². The Bertz CT molecular complexity index is 635. The van der Waals surface area contributed by atoms with E-state index < -0.39 is 25.1 Å². The second-order valence-electron chi connectivity index (χ2n) is 3.89. The summed E-state index contributed by atoms with van der Waals surface area (Å²) in [6.45, 7) is -0.135. The van der Waals surface area contributed by atoms with E-state index in [2.05, 4.69) is 14.9 Å². The minimum Gasteiger partial charge on any atom is -0.374 e. The van der Waals surface area contributed by atoms with Crippen LogP contribution in [0.25, 0.3) is 0 Å². The summed E-state index contributed by atoms with van der Waals surface area (Å²) in [6, 6.07) is 0. The number of sulfone groups is 1. The topological polar surface area (TPSA) is 132 Å². The summed E-state index contributed by atoms with van der Waals surface area (Å²) in [6.07, 6.45) is 1.05. The Labute approximate surface area is 109 Å². The van der Waals surface area contributed by atoms with Gasteiger partial charge in [-0.05, 0) is 12.8 Å². The molecule has 8 nitrogen and oxygen atoms in total. The smallest absolute Gasteiger partial charge is 0.269 e. The summed E-state index contributed by atoms with van der Waals surface area (Å²) in [5, 5.41) is 6.20. The van der Waals surface area contributed by atoms with Gasteiger partial charge in [-0.1, -0.05) is 11.3 Å². The third kappa shape index (κ3) is 2.79. The van der Waals surface area contributed by atoms with Crippen LogP contribution < -0.4 is 10.5 Å². The SMILES string of the molecule is Nc1nnc(S(=O)(=O)NCC2CCCS2(=O)=O)s1. The molecule has 2 heterocycles. The van der Waals surface area contributed by atoms with Crippen LogP contribution >= 0.6 is 11.3 Å². The molecule has 18 heavy (non-hydrogen) atoms. The molecule has 2 rings (SSSR count). The number of hydrogen-bond acceptors (Lipinski definition) is 8. The van der Waals surface area contributed by atoms with Gasteiger partial charge >= 0.3 is 0 Å². The van der Waals surface area contributed by atoms with E-state index >= 15 is 0 Å². The number of anilines is 1. The molecule has 1 saturated heterocycles. The molecule has 0 bridgehead atoms. The average molecular weight is 312 g/mol. The largest absolute Gasteiger partial charge is 0.374 e. The molecule has 0 amide bonds. The molecule has 1 aromatic heterocycles. The van der Waals surface area contributed by atoms with Gasteiger partial charge in [0.1, 0.15) is 0 Å². The predicted molar refractivity (Wildman–Crippen MR) is 66.3 cm³/mol. The van der Waals surface area contributed by atoms with Crippen LogP contribution in [0.2, 0.25) is 0 Å². The summed E-state index contributed by atoms with van der Waals surface area (Å²) < 4.78 is 48.6. The van der Waals surface area contributed by atoms with Crippen LogP contribution in [-0.4, -0.2) is 44.6 Å². The zero-order chi connectivity index (χ0) is 13.4. The van der Waals surface area contributed by atoms with Crippen molar-refractivity contribution in [2.45, 2.75) is 22.4 Å². The first-order valence-corrected chi connectivity index (χ1v) is 9.13. The maximum Gasteiger partial charge on any atom is 0.269 e. The molecule has 1 atom stereocenters. The number of aromatic nitrogens is 2. The van der Waals surface area contributed by atoms with Gasteiger partial charge in [-0.3, -0.25) is 0 Å². The Kier molecular flexibility index (Phi) is 3.58. The van der Waals surface area contributed by atoms with Crippen molar-refractivity contribution in [2.24, 2.45) is 0 Å². The maximum absolute atomic E-state index is 11.8. The minimum absolute atomic E-state index is 0.0452. The van der Waals surface area contributed by atoms with E-state index in [4.69, 9.17) is 5.73 Å². The standard InChI is InChI=1S/C7H12N4O4S3/c8-6-10-11-7(16-6)18(14,15)9-4-5-2-1-3-17(5,12)13/h5,9H,1-4H2,(H2,8,10). The van der Waals surface area contributed by atoms with Crippen molar-refractivity contribution in [3.05, 3.63) is 0 Å². The molecule has 0 radical (unpaired) electrons. The molecule has 1 aliphatic heterocycles. The Balaban J connectivity index is 2.06. The highest BCUT2D eigenvalue weighted by Crippen LogP contribution is 2.21. The van der Waals surface area contributed by atoms with Gasteiger partial charge in [0, 0.05) is 6.54 Å². The Morgan fingerprint density at radius 2 is 2.17 bits per heavy atom. The molecule has 0 saturated carbocycles. The molecule has 1 unspecified atom stereocenters. The lowest BCUT2D eigenvalue weighted by Crippen LogP contribution is -2.34. The second kappa shape index (κ2) is 4.72. The van der Waals surface area contributed by atoms with Crippen molar-refractivity contribution >= 4 is 36.3 Å². The molecule has 0 aliphatic carbocycles. The molecule has 1 fully saturated rings. The fourth-order valence-corrected chi connectivity index (χ4v) is 5.46. The lowest BCUT2D eigenvalue weighted by Gasteiger charge is -2.09. The molecule has 1 aliphatic rings. The van der Waals surface area contributed by atoms with E-state index in [1.165, 1.54) is 0 Å². The lowest BCUT2D eigenvalue weighted by atomic mass is 10.2. The van der Waals surface area contributed by atoms with Crippen molar-refractivity contribution in [2.75, 3.05) is 18.0 Å².